The lowest BCUT2D eigenvalue weighted by Gasteiger charge is -2.23. The van der Waals surface area contributed by atoms with Crippen molar-refractivity contribution in [2.24, 2.45) is 5.73 Å². The first kappa shape index (κ1) is 12.8. The normalized spacial score (nSPS) is 25.2. The van der Waals surface area contributed by atoms with Gasteiger partial charge in [-0.3, -0.25) is 0 Å². The standard InChI is InChI=1S/C14H16N2O4/c15-6-11-7-16(14(17)19-11)13-9-18-8-12(20-13)10-4-2-1-3-5-10/h1-2,4,8-9,11H,3,5-7,15H2/t11-/m1/s1. The Kier molecular flexibility index (Phi) is 3.47. The van der Waals surface area contributed by atoms with Gasteiger partial charge in [-0.15, -0.1) is 0 Å². The highest BCUT2D eigenvalue weighted by molar-refractivity contribution is 5.72. The number of amides is 1. The number of allylic oxidation sites excluding steroid dienone is 4. The van der Waals surface area contributed by atoms with Crippen LogP contribution in [0.5, 0.6) is 0 Å². The first-order chi connectivity index (χ1) is 9.78. The summed E-state index contributed by atoms with van der Waals surface area (Å²) in [6.07, 6.45) is 10.1. The number of cyclic esters (lactones) is 1. The van der Waals surface area contributed by atoms with Crippen LogP contribution in [0.4, 0.5) is 4.79 Å². The minimum Gasteiger partial charge on any atom is -0.463 e. The lowest BCUT2D eigenvalue weighted by Crippen LogP contribution is -2.29. The van der Waals surface area contributed by atoms with Crippen molar-refractivity contribution in [3.8, 4) is 0 Å². The number of hydrogen-bond donors (Lipinski definition) is 1. The zero-order valence-corrected chi connectivity index (χ0v) is 11.0. The maximum Gasteiger partial charge on any atom is 0.417 e. The van der Waals surface area contributed by atoms with Gasteiger partial charge in [0.15, 0.2) is 12.0 Å². The highest BCUT2D eigenvalue weighted by Gasteiger charge is 2.35. The van der Waals surface area contributed by atoms with E-state index < -0.39 is 6.09 Å². The Bertz CT molecular complexity index is 533. The molecule has 1 aliphatic carbocycles. The van der Waals surface area contributed by atoms with E-state index in [9.17, 15) is 4.79 Å². The summed E-state index contributed by atoms with van der Waals surface area (Å²) in [5, 5.41) is 0. The monoisotopic (exact) mass is 276 g/mol. The number of ether oxygens (including phenoxy) is 3. The van der Waals surface area contributed by atoms with E-state index in [-0.39, 0.29) is 12.6 Å². The van der Waals surface area contributed by atoms with Crippen molar-refractivity contribution >= 4 is 6.09 Å². The average Bonchev–Trinajstić information content (AvgIpc) is 2.89. The first-order valence-corrected chi connectivity index (χ1v) is 6.56. The van der Waals surface area contributed by atoms with E-state index in [1.54, 1.807) is 0 Å². The Labute approximate surface area is 116 Å². The fraction of sp³-hybridized carbons (Fsp3) is 0.357. The van der Waals surface area contributed by atoms with E-state index in [4.69, 9.17) is 19.9 Å². The molecule has 1 atom stereocenters. The van der Waals surface area contributed by atoms with Crippen LogP contribution >= 0.6 is 0 Å². The second-order valence-corrected chi connectivity index (χ2v) is 4.69. The Morgan fingerprint density at radius 1 is 1.40 bits per heavy atom. The van der Waals surface area contributed by atoms with Crippen LogP contribution in [-0.4, -0.2) is 30.2 Å². The van der Waals surface area contributed by atoms with Gasteiger partial charge in [0, 0.05) is 6.54 Å². The minimum atomic E-state index is -0.464. The largest absolute Gasteiger partial charge is 0.463 e. The smallest absolute Gasteiger partial charge is 0.417 e. The summed E-state index contributed by atoms with van der Waals surface area (Å²) in [7, 11) is 0. The van der Waals surface area contributed by atoms with Crippen molar-refractivity contribution in [3.05, 3.63) is 48.0 Å². The van der Waals surface area contributed by atoms with E-state index in [1.807, 2.05) is 12.2 Å². The van der Waals surface area contributed by atoms with Gasteiger partial charge < -0.3 is 19.9 Å². The molecule has 106 valence electrons. The molecule has 0 spiro atoms. The number of nitrogens with two attached hydrogens (primary N) is 1. The molecule has 0 aromatic heterocycles. The van der Waals surface area contributed by atoms with Gasteiger partial charge in [0.25, 0.3) is 0 Å². The van der Waals surface area contributed by atoms with Gasteiger partial charge >= 0.3 is 6.09 Å². The van der Waals surface area contributed by atoms with Crippen LogP contribution in [0.2, 0.25) is 0 Å². The number of carbonyl (C=O) groups excluding carboxylic acids is 1. The van der Waals surface area contributed by atoms with E-state index >= 15 is 0 Å². The van der Waals surface area contributed by atoms with Crippen molar-refractivity contribution in [2.75, 3.05) is 13.1 Å². The molecule has 2 aliphatic heterocycles. The molecule has 0 saturated carbocycles. The van der Waals surface area contributed by atoms with E-state index in [2.05, 4.69) is 6.08 Å². The molecule has 0 unspecified atom stereocenters. The van der Waals surface area contributed by atoms with Crippen molar-refractivity contribution < 1.29 is 19.0 Å². The highest BCUT2D eigenvalue weighted by atomic mass is 16.6. The second kappa shape index (κ2) is 5.42. The molecule has 0 aromatic rings. The Balaban J connectivity index is 1.71. The third kappa shape index (κ3) is 2.42. The zero-order valence-electron chi connectivity index (χ0n) is 11.0. The maximum absolute atomic E-state index is 11.8. The van der Waals surface area contributed by atoms with Crippen LogP contribution in [0, 0.1) is 0 Å². The molecule has 0 bridgehead atoms. The highest BCUT2D eigenvalue weighted by Crippen LogP contribution is 2.29. The van der Waals surface area contributed by atoms with Crippen molar-refractivity contribution in [1.29, 1.82) is 0 Å². The molecule has 0 radical (unpaired) electrons. The van der Waals surface area contributed by atoms with Crippen molar-refractivity contribution in [1.82, 2.24) is 4.90 Å². The zero-order chi connectivity index (χ0) is 13.9. The lowest BCUT2D eigenvalue weighted by atomic mass is 10.0. The number of hydrogen-bond acceptors (Lipinski definition) is 5. The van der Waals surface area contributed by atoms with E-state index in [0.717, 1.165) is 18.4 Å². The van der Waals surface area contributed by atoms with E-state index in [1.165, 1.54) is 17.4 Å². The Hall–Kier alpha value is -2.21. The van der Waals surface area contributed by atoms with Crippen LogP contribution in [0.3, 0.4) is 0 Å². The number of rotatable bonds is 3. The minimum absolute atomic E-state index is 0.287. The van der Waals surface area contributed by atoms with Crippen LogP contribution in [0.25, 0.3) is 0 Å². The summed E-state index contributed by atoms with van der Waals surface area (Å²) < 4.78 is 16.1. The molecule has 6 nitrogen and oxygen atoms in total. The molecular formula is C14H16N2O4. The van der Waals surface area contributed by atoms with Crippen LogP contribution in [0.1, 0.15) is 12.8 Å². The quantitative estimate of drug-likeness (QED) is 0.849. The Morgan fingerprint density at radius 3 is 3.00 bits per heavy atom. The molecule has 6 heteroatoms. The van der Waals surface area contributed by atoms with Crippen LogP contribution in [0.15, 0.2) is 48.0 Å². The molecule has 2 heterocycles. The third-order valence-electron chi connectivity index (χ3n) is 3.29. The van der Waals surface area contributed by atoms with Gasteiger partial charge in [-0.25, -0.2) is 9.69 Å². The van der Waals surface area contributed by atoms with Crippen LogP contribution in [-0.2, 0) is 14.2 Å². The fourth-order valence-corrected chi connectivity index (χ4v) is 2.21. The molecule has 20 heavy (non-hydrogen) atoms. The molecule has 3 aliphatic rings. The van der Waals surface area contributed by atoms with Gasteiger partial charge in [-0.1, -0.05) is 18.2 Å². The second-order valence-electron chi connectivity index (χ2n) is 4.69. The van der Waals surface area contributed by atoms with Gasteiger partial charge in [-0.05, 0) is 18.4 Å². The summed E-state index contributed by atoms with van der Waals surface area (Å²) in [4.78, 5) is 13.1. The predicted octanol–water partition coefficient (Wildman–Crippen LogP) is 1.73. The average molecular weight is 276 g/mol. The fourth-order valence-electron chi connectivity index (χ4n) is 2.21. The van der Waals surface area contributed by atoms with Crippen molar-refractivity contribution in [2.45, 2.75) is 18.9 Å². The molecule has 3 rings (SSSR count). The molecular weight excluding hydrogens is 260 g/mol. The molecule has 0 aromatic carbocycles. The molecule has 2 N–H and O–H groups in total. The van der Waals surface area contributed by atoms with Gasteiger partial charge in [0.1, 0.15) is 12.4 Å². The topological polar surface area (TPSA) is 74.0 Å². The third-order valence-corrected chi connectivity index (χ3v) is 3.29. The summed E-state index contributed by atoms with van der Waals surface area (Å²) >= 11 is 0. The van der Waals surface area contributed by atoms with Gasteiger partial charge in [0.2, 0.25) is 5.88 Å². The molecule has 1 fully saturated rings. The summed E-state index contributed by atoms with van der Waals surface area (Å²) in [6, 6.07) is 0. The SMILES string of the molecule is NC[C@@H]1CN(C2=COC=C(C3=CC=CCC3)O2)C(=O)O1. The van der Waals surface area contributed by atoms with Gasteiger partial charge in [0.05, 0.1) is 6.54 Å². The van der Waals surface area contributed by atoms with E-state index in [0.29, 0.717) is 18.2 Å². The summed E-state index contributed by atoms with van der Waals surface area (Å²) in [6.45, 7) is 0.659. The summed E-state index contributed by atoms with van der Waals surface area (Å²) in [5.41, 5.74) is 6.55. The molecule has 1 saturated heterocycles. The van der Waals surface area contributed by atoms with Crippen molar-refractivity contribution in [3.63, 3.8) is 0 Å². The first-order valence-electron chi connectivity index (χ1n) is 6.56. The predicted molar refractivity (Wildman–Crippen MR) is 70.8 cm³/mol. The Morgan fingerprint density at radius 2 is 2.30 bits per heavy atom. The molecule has 1 amide bonds. The van der Waals surface area contributed by atoms with Gasteiger partial charge in [-0.2, -0.15) is 0 Å². The summed E-state index contributed by atoms with van der Waals surface area (Å²) in [5.74, 6) is 0.953. The lowest BCUT2D eigenvalue weighted by molar-refractivity contribution is 0.120. The van der Waals surface area contributed by atoms with Crippen LogP contribution < -0.4 is 5.73 Å². The number of carbonyl (C=O) groups is 1. The number of nitrogens with zero attached hydrogens (tertiary/aromatic N) is 1. The maximum atomic E-state index is 11.8.